The lowest BCUT2D eigenvalue weighted by Crippen LogP contribution is -2.08. The smallest absolute Gasteiger partial charge is 0.328 e. The van der Waals surface area contributed by atoms with Gasteiger partial charge in [-0.1, -0.05) is 15.9 Å². The van der Waals surface area contributed by atoms with Crippen LogP contribution in [0.2, 0.25) is 0 Å². The van der Waals surface area contributed by atoms with Crippen molar-refractivity contribution in [3.05, 3.63) is 34.3 Å². The molecule has 5 nitrogen and oxygen atoms in total. The highest BCUT2D eigenvalue weighted by Gasteiger charge is 2.03. The summed E-state index contributed by atoms with van der Waals surface area (Å²) in [5.74, 6) is -0.391. The van der Waals surface area contributed by atoms with Crippen LogP contribution in [0.4, 0.5) is 0 Å². The van der Waals surface area contributed by atoms with Gasteiger partial charge >= 0.3 is 5.97 Å². The van der Waals surface area contributed by atoms with E-state index in [9.17, 15) is 13.2 Å². The number of ether oxygens (including phenoxy) is 1. The topological polar surface area (TPSA) is 80.7 Å². The quantitative estimate of drug-likeness (QED) is 0.594. The summed E-state index contributed by atoms with van der Waals surface area (Å²) in [6.45, 7) is 0.288. The van der Waals surface area contributed by atoms with Crippen molar-refractivity contribution < 1.29 is 23.1 Å². The molecule has 20 heavy (non-hydrogen) atoms. The lowest BCUT2D eigenvalue weighted by molar-refractivity contribution is -0.131. The predicted molar refractivity (Wildman–Crippen MR) is 80.6 cm³/mol. The Kier molecular flexibility index (Phi) is 6.22. The molecule has 7 heteroatoms. The summed E-state index contributed by atoms with van der Waals surface area (Å²) < 4.78 is 28.1. The van der Waals surface area contributed by atoms with E-state index in [-0.39, 0.29) is 12.4 Å². The van der Waals surface area contributed by atoms with Crippen LogP contribution in [0, 0.1) is 0 Å². The minimum Gasteiger partial charge on any atom is -0.494 e. The second kappa shape index (κ2) is 7.44. The summed E-state index contributed by atoms with van der Waals surface area (Å²) in [5, 5.41) is 8.59. The number of hydrogen-bond donors (Lipinski definition) is 1. The molecule has 0 atom stereocenters. The maximum Gasteiger partial charge on any atom is 0.328 e. The lowest BCUT2D eigenvalue weighted by atomic mass is 10.2. The summed E-state index contributed by atoms with van der Waals surface area (Å²) >= 11 is 3.31. The average Bonchev–Trinajstić information content (AvgIpc) is 2.33. The first-order valence-electron chi connectivity index (χ1n) is 5.79. The number of halogens is 1. The molecule has 0 bridgehead atoms. The second-order valence-corrected chi connectivity index (χ2v) is 7.30. The van der Waals surface area contributed by atoms with Gasteiger partial charge in [-0.3, -0.25) is 0 Å². The minimum atomic E-state index is -2.98. The molecular weight excluding hydrogens is 348 g/mol. The Bertz CT molecular complexity index is 607. The number of carbonyl (C=O) groups is 1. The van der Waals surface area contributed by atoms with Gasteiger partial charge in [0, 0.05) is 16.8 Å². The Hall–Kier alpha value is -1.34. The van der Waals surface area contributed by atoms with Crippen molar-refractivity contribution in [2.75, 3.05) is 18.6 Å². The molecule has 0 spiro atoms. The van der Waals surface area contributed by atoms with Crippen molar-refractivity contribution in [2.45, 2.75) is 6.42 Å². The number of carboxylic acids is 1. The van der Waals surface area contributed by atoms with Gasteiger partial charge in [-0.15, -0.1) is 0 Å². The first kappa shape index (κ1) is 16.7. The molecule has 0 amide bonds. The van der Waals surface area contributed by atoms with E-state index in [2.05, 4.69) is 15.9 Å². The predicted octanol–water partition coefficient (Wildman–Crippen LogP) is 2.36. The molecule has 1 aromatic rings. The fourth-order valence-corrected chi connectivity index (χ4v) is 2.43. The van der Waals surface area contributed by atoms with E-state index in [1.807, 2.05) is 0 Å². The second-order valence-electron chi connectivity index (χ2n) is 4.19. The third-order valence-electron chi connectivity index (χ3n) is 2.30. The summed E-state index contributed by atoms with van der Waals surface area (Å²) in [4.78, 5) is 10.5. The summed E-state index contributed by atoms with van der Waals surface area (Å²) in [6.07, 6.45) is 4.08. The van der Waals surface area contributed by atoms with Gasteiger partial charge in [0.2, 0.25) is 0 Å². The van der Waals surface area contributed by atoms with Crippen LogP contribution >= 0.6 is 15.9 Å². The fraction of sp³-hybridized carbons (Fsp3) is 0.308. The lowest BCUT2D eigenvalue weighted by Gasteiger charge is -2.07. The standard InChI is InChI=1S/C13H15BrO5S/c1-20(17,18)8-2-7-19-11-4-5-12(14)10(9-11)3-6-13(15)16/h3-6,9H,2,7-8H2,1H3,(H,15,16)/b6-3+. The van der Waals surface area contributed by atoms with E-state index < -0.39 is 15.8 Å². The molecular formula is C13H15BrO5S. The minimum absolute atomic E-state index is 0.0787. The van der Waals surface area contributed by atoms with E-state index in [4.69, 9.17) is 9.84 Å². The third-order valence-corrected chi connectivity index (χ3v) is 4.05. The SMILES string of the molecule is CS(=O)(=O)CCCOc1ccc(Br)c(/C=C/C(=O)O)c1. The van der Waals surface area contributed by atoms with Crippen LogP contribution in [-0.2, 0) is 14.6 Å². The van der Waals surface area contributed by atoms with Gasteiger partial charge in [-0.2, -0.15) is 0 Å². The van der Waals surface area contributed by atoms with E-state index in [0.717, 1.165) is 10.5 Å². The number of rotatable bonds is 7. The number of hydrogen-bond acceptors (Lipinski definition) is 4. The molecule has 1 N–H and O–H groups in total. The largest absolute Gasteiger partial charge is 0.494 e. The van der Waals surface area contributed by atoms with Crippen LogP contribution in [0.3, 0.4) is 0 Å². The summed E-state index contributed by atoms with van der Waals surface area (Å²) in [6, 6.07) is 5.15. The molecule has 1 aromatic carbocycles. The van der Waals surface area contributed by atoms with Gasteiger partial charge in [0.1, 0.15) is 15.6 Å². The van der Waals surface area contributed by atoms with Crippen molar-refractivity contribution in [3.8, 4) is 5.75 Å². The number of benzene rings is 1. The molecule has 0 aliphatic carbocycles. The van der Waals surface area contributed by atoms with Crippen LogP contribution in [-0.4, -0.2) is 38.1 Å². The van der Waals surface area contributed by atoms with Crippen LogP contribution in [0.15, 0.2) is 28.7 Å². The molecule has 0 heterocycles. The maximum atomic E-state index is 11.0. The van der Waals surface area contributed by atoms with Gasteiger partial charge in [-0.05, 0) is 36.3 Å². The molecule has 0 aromatic heterocycles. The molecule has 0 radical (unpaired) electrons. The van der Waals surface area contributed by atoms with Gasteiger partial charge in [-0.25, -0.2) is 13.2 Å². The Morgan fingerprint density at radius 3 is 2.75 bits per heavy atom. The van der Waals surface area contributed by atoms with Gasteiger partial charge in [0.15, 0.2) is 0 Å². The Morgan fingerprint density at radius 1 is 1.45 bits per heavy atom. The van der Waals surface area contributed by atoms with E-state index in [1.54, 1.807) is 18.2 Å². The highest BCUT2D eigenvalue weighted by molar-refractivity contribution is 9.10. The van der Waals surface area contributed by atoms with Crippen molar-refractivity contribution in [1.82, 2.24) is 0 Å². The average molecular weight is 363 g/mol. The fourth-order valence-electron chi connectivity index (χ4n) is 1.41. The zero-order chi connectivity index (χ0) is 15.2. The van der Waals surface area contributed by atoms with E-state index >= 15 is 0 Å². The first-order valence-corrected chi connectivity index (χ1v) is 8.64. The Labute approximate surface area is 126 Å². The normalized spacial score (nSPS) is 11.7. The van der Waals surface area contributed by atoms with Crippen LogP contribution in [0.25, 0.3) is 6.08 Å². The Morgan fingerprint density at radius 2 is 2.15 bits per heavy atom. The van der Waals surface area contributed by atoms with Crippen molar-refractivity contribution in [3.63, 3.8) is 0 Å². The number of carboxylic acid groups (broad SMARTS) is 1. The van der Waals surface area contributed by atoms with Crippen LogP contribution in [0.1, 0.15) is 12.0 Å². The van der Waals surface area contributed by atoms with E-state index in [0.29, 0.717) is 17.7 Å². The van der Waals surface area contributed by atoms with Crippen molar-refractivity contribution >= 4 is 37.8 Å². The molecule has 0 aliphatic heterocycles. The zero-order valence-corrected chi connectivity index (χ0v) is 13.3. The van der Waals surface area contributed by atoms with Gasteiger partial charge in [0.25, 0.3) is 0 Å². The van der Waals surface area contributed by atoms with Gasteiger partial charge in [0.05, 0.1) is 12.4 Å². The summed E-state index contributed by atoms with van der Waals surface area (Å²) in [7, 11) is -2.98. The monoisotopic (exact) mass is 362 g/mol. The number of sulfone groups is 1. The summed E-state index contributed by atoms with van der Waals surface area (Å²) in [5.41, 5.74) is 0.674. The Balaban J connectivity index is 2.63. The molecule has 1 rings (SSSR count). The van der Waals surface area contributed by atoms with E-state index in [1.165, 1.54) is 12.3 Å². The molecule has 0 fully saturated rings. The molecule has 0 unspecified atom stereocenters. The maximum absolute atomic E-state index is 11.0. The van der Waals surface area contributed by atoms with Crippen LogP contribution < -0.4 is 4.74 Å². The van der Waals surface area contributed by atoms with Gasteiger partial charge < -0.3 is 9.84 Å². The first-order chi connectivity index (χ1) is 9.28. The highest BCUT2D eigenvalue weighted by atomic mass is 79.9. The zero-order valence-electron chi connectivity index (χ0n) is 10.9. The third kappa shape index (κ3) is 6.72. The molecule has 0 aliphatic rings. The van der Waals surface area contributed by atoms with Crippen molar-refractivity contribution in [2.24, 2.45) is 0 Å². The highest BCUT2D eigenvalue weighted by Crippen LogP contribution is 2.24. The molecule has 0 saturated heterocycles. The van der Waals surface area contributed by atoms with Crippen LogP contribution in [0.5, 0.6) is 5.75 Å². The molecule has 0 saturated carbocycles. The molecule has 110 valence electrons. The van der Waals surface area contributed by atoms with Crippen molar-refractivity contribution in [1.29, 1.82) is 0 Å². The number of aliphatic carboxylic acids is 1.